The molecule has 1 aromatic heterocycles. The number of ether oxygens (including phenoxy) is 1. The van der Waals surface area contributed by atoms with E-state index in [0.29, 0.717) is 11.4 Å². The van der Waals surface area contributed by atoms with Crippen LogP contribution in [0.4, 0.5) is 18.9 Å². The molecule has 1 saturated heterocycles. The highest BCUT2D eigenvalue weighted by molar-refractivity contribution is 6.51. The van der Waals surface area contributed by atoms with Crippen molar-refractivity contribution in [2.45, 2.75) is 44.5 Å². The second-order valence-corrected chi connectivity index (χ2v) is 9.11. The number of anilines is 1. The average molecular weight is 512 g/mol. The maximum atomic E-state index is 13.3. The third-order valence-corrected chi connectivity index (χ3v) is 6.82. The SMILES string of the molecule is O=C1C(=O)N(c2ccc(-c3ccon3)cc2)C(C2CCCCC2)/C1=C(/O)c1ccc(OC(F)(F)F)cc1. The fraction of sp³-hybridized carbons (Fsp3) is 0.296. The Morgan fingerprint density at radius 3 is 2.24 bits per heavy atom. The fourth-order valence-electron chi connectivity index (χ4n) is 5.16. The lowest BCUT2D eigenvalue weighted by Crippen LogP contribution is -2.40. The first kappa shape index (κ1) is 24.6. The van der Waals surface area contributed by atoms with Crippen molar-refractivity contribution in [1.82, 2.24) is 5.16 Å². The minimum absolute atomic E-state index is 0.0398. The lowest BCUT2D eigenvalue weighted by Gasteiger charge is -2.34. The number of carbonyl (C=O) groups is 2. The van der Waals surface area contributed by atoms with Gasteiger partial charge in [-0.1, -0.05) is 36.6 Å². The van der Waals surface area contributed by atoms with Gasteiger partial charge in [-0.15, -0.1) is 13.2 Å². The van der Waals surface area contributed by atoms with Gasteiger partial charge in [0.2, 0.25) is 0 Å². The van der Waals surface area contributed by atoms with E-state index < -0.39 is 35.6 Å². The van der Waals surface area contributed by atoms with Crippen LogP contribution in [0, 0.1) is 5.92 Å². The molecule has 0 bridgehead atoms. The Labute approximate surface area is 210 Å². The highest BCUT2D eigenvalue weighted by Crippen LogP contribution is 2.41. The summed E-state index contributed by atoms with van der Waals surface area (Å²) in [7, 11) is 0. The molecule has 2 heterocycles. The van der Waals surface area contributed by atoms with Crippen molar-refractivity contribution in [3.63, 3.8) is 0 Å². The average Bonchev–Trinajstić information content (AvgIpc) is 3.51. The number of aliphatic hydroxyl groups is 1. The molecule has 1 unspecified atom stereocenters. The predicted molar refractivity (Wildman–Crippen MR) is 127 cm³/mol. The molecular formula is C27H23F3N2O5. The van der Waals surface area contributed by atoms with Gasteiger partial charge >= 0.3 is 6.36 Å². The van der Waals surface area contributed by atoms with Crippen LogP contribution in [0.15, 0.2) is 71.0 Å². The molecule has 192 valence electrons. The molecule has 7 nitrogen and oxygen atoms in total. The number of carbonyl (C=O) groups excluding carboxylic acids is 2. The first-order valence-corrected chi connectivity index (χ1v) is 11.9. The van der Waals surface area contributed by atoms with Crippen LogP contribution in [-0.4, -0.2) is 34.4 Å². The Balaban J connectivity index is 1.54. The van der Waals surface area contributed by atoms with Gasteiger partial charge in [-0.25, -0.2) is 0 Å². The Kier molecular flexibility index (Phi) is 6.49. The number of hydrogen-bond donors (Lipinski definition) is 1. The third-order valence-electron chi connectivity index (χ3n) is 6.82. The van der Waals surface area contributed by atoms with Crippen molar-refractivity contribution in [2.75, 3.05) is 4.90 Å². The summed E-state index contributed by atoms with van der Waals surface area (Å²) in [4.78, 5) is 28.0. The highest BCUT2D eigenvalue weighted by Gasteiger charge is 2.49. The topological polar surface area (TPSA) is 92.9 Å². The van der Waals surface area contributed by atoms with Gasteiger partial charge in [-0.3, -0.25) is 14.5 Å². The molecule has 1 amide bonds. The molecule has 2 aliphatic rings. The van der Waals surface area contributed by atoms with Crippen molar-refractivity contribution >= 4 is 23.1 Å². The summed E-state index contributed by atoms with van der Waals surface area (Å²) < 4.78 is 46.4. The number of rotatable bonds is 5. The number of alkyl halides is 3. The van der Waals surface area contributed by atoms with Crippen LogP contribution in [0.25, 0.3) is 17.0 Å². The number of ketones is 1. The molecule has 1 saturated carbocycles. The molecule has 0 spiro atoms. The maximum absolute atomic E-state index is 13.3. The standard InChI is InChI=1S/C27H23F3N2O5/c28-27(29,30)37-20-12-8-18(9-13-20)24(33)22-23(17-4-2-1-3-5-17)32(26(35)25(22)34)19-10-6-16(7-11-19)21-14-15-36-31-21/h6-15,17,23,33H,1-5H2/b24-22-. The van der Waals surface area contributed by atoms with E-state index >= 15 is 0 Å². The second kappa shape index (κ2) is 9.76. The maximum Gasteiger partial charge on any atom is 0.573 e. The Morgan fingerprint density at radius 1 is 0.973 bits per heavy atom. The number of aromatic nitrogens is 1. The molecular weight excluding hydrogens is 489 g/mol. The monoisotopic (exact) mass is 512 g/mol. The summed E-state index contributed by atoms with van der Waals surface area (Å²) in [5.74, 6) is -2.54. The summed E-state index contributed by atoms with van der Waals surface area (Å²) >= 11 is 0. The molecule has 1 aliphatic carbocycles. The van der Waals surface area contributed by atoms with Gasteiger partial charge in [-0.05, 0) is 55.2 Å². The number of hydrogen-bond acceptors (Lipinski definition) is 6. The molecule has 1 N–H and O–H groups in total. The number of Topliss-reactive ketones (excluding diaryl/α,β-unsaturated/α-hetero) is 1. The fourth-order valence-corrected chi connectivity index (χ4v) is 5.16. The summed E-state index contributed by atoms with van der Waals surface area (Å²) in [6.07, 6.45) is 1.04. The molecule has 5 rings (SSSR count). The minimum Gasteiger partial charge on any atom is -0.507 e. The van der Waals surface area contributed by atoms with Gasteiger partial charge in [0.25, 0.3) is 11.7 Å². The van der Waals surface area contributed by atoms with Gasteiger partial charge in [0.05, 0.1) is 11.6 Å². The molecule has 0 radical (unpaired) electrons. The largest absolute Gasteiger partial charge is 0.573 e. The van der Waals surface area contributed by atoms with Crippen molar-refractivity contribution in [1.29, 1.82) is 0 Å². The first-order valence-electron chi connectivity index (χ1n) is 11.9. The minimum atomic E-state index is -4.86. The number of nitrogens with zero attached hydrogens (tertiary/aromatic N) is 2. The van der Waals surface area contributed by atoms with E-state index in [0.717, 1.165) is 49.8 Å². The van der Waals surface area contributed by atoms with Gasteiger partial charge in [0.15, 0.2) is 0 Å². The van der Waals surface area contributed by atoms with E-state index in [1.54, 1.807) is 30.3 Å². The Hall–Kier alpha value is -4.08. The zero-order valence-corrected chi connectivity index (χ0v) is 19.6. The van der Waals surface area contributed by atoms with E-state index in [9.17, 15) is 27.9 Å². The van der Waals surface area contributed by atoms with E-state index in [2.05, 4.69) is 9.89 Å². The molecule has 2 fully saturated rings. The first-order chi connectivity index (χ1) is 17.7. The summed E-state index contributed by atoms with van der Waals surface area (Å²) in [5.41, 5.74) is 1.97. The quantitative estimate of drug-likeness (QED) is 0.253. The molecule has 2 aromatic carbocycles. The Bertz CT molecular complexity index is 1310. The van der Waals surface area contributed by atoms with Crippen molar-refractivity contribution < 1.29 is 37.1 Å². The molecule has 3 aromatic rings. The summed E-state index contributed by atoms with van der Waals surface area (Å²) in [6.45, 7) is 0. The highest BCUT2D eigenvalue weighted by atomic mass is 19.4. The second-order valence-electron chi connectivity index (χ2n) is 9.11. The lowest BCUT2D eigenvalue weighted by atomic mass is 9.80. The van der Waals surface area contributed by atoms with Crippen molar-refractivity contribution in [2.24, 2.45) is 5.92 Å². The van der Waals surface area contributed by atoms with Crippen LogP contribution < -0.4 is 9.64 Å². The summed E-state index contributed by atoms with van der Waals surface area (Å²) in [6, 6.07) is 12.5. The molecule has 1 aliphatic heterocycles. The van der Waals surface area contributed by atoms with Crippen LogP contribution in [0.2, 0.25) is 0 Å². The smallest absolute Gasteiger partial charge is 0.507 e. The summed E-state index contributed by atoms with van der Waals surface area (Å²) in [5, 5.41) is 15.1. The van der Waals surface area contributed by atoms with Crippen molar-refractivity contribution in [3.8, 4) is 17.0 Å². The van der Waals surface area contributed by atoms with E-state index in [4.69, 9.17) is 4.52 Å². The molecule has 10 heteroatoms. The molecule has 37 heavy (non-hydrogen) atoms. The van der Waals surface area contributed by atoms with Crippen LogP contribution in [0.3, 0.4) is 0 Å². The third kappa shape index (κ3) is 4.96. The number of halogens is 3. The van der Waals surface area contributed by atoms with Gasteiger partial charge in [0.1, 0.15) is 23.5 Å². The van der Waals surface area contributed by atoms with E-state index in [-0.39, 0.29) is 17.1 Å². The molecule has 1 atom stereocenters. The van der Waals surface area contributed by atoms with Crippen LogP contribution >= 0.6 is 0 Å². The van der Waals surface area contributed by atoms with Crippen molar-refractivity contribution in [3.05, 3.63) is 72.0 Å². The van der Waals surface area contributed by atoms with Crippen LogP contribution in [-0.2, 0) is 9.59 Å². The van der Waals surface area contributed by atoms with E-state index in [1.165, 1.54) is 23.3 Å². The van der Waals surface area contributed by atoms with Crippen LogP contribution in [0.5, 0.6) is 5.75 Å². The van der Waals surface area contributed by atoms with E-state index in [1.807, 2.05) is 0 Å². The Morgan fingerprint density at radius 2 is 1.65 bits per heavy atom. The zero-order chi connectivity index (χ0) is 26.2. The van der Waals surface area contributed by atoms with Gasteiger partial charge in [0, 0.05) is 22.9 Å². The predicted octanol–water partition coefficient (Wildman–Crippen LogP) is 6.07. The number of aliphatic hydroxyl groups excluding tert-OH is 1. The normalized spacial score (nSPS) is 20.4. The van der Waals surface area contributed by atoms with Gasteiger partial charge < -0.3 is 14.4 Å². The number of benzene rings is 2. The van der Waals surface area contributed by atoms with Gasteiger partial charge in [-0.2, -0.15) is 0 Å². The number of amides is 1. The zero-order valence-electron chi connectivity index (χ0n) is 19.6. The lowest BCUT2D eigenvalue weighted by molar-refractivity contribution is -0.274. The van der Waals surface area contributed by atoms with Crippen LogP contribution in [0.1, 0.15) is 37.7 Å².